The maximum absolute atomic E-state index is 12.6. The van der Waals surface area contributed by atoms with Gasteiger partial charge in [0.15, 0.2) is 0 Å². The van der Waals surface area contributed by atoms with Gasteiger partial charge < -0.3 is 10.6 Å². The molecule has 8 heteroatoms. The molecule has 2 aromatic rings. The van der Waals surface area contributed by atoms with Gasteiger partial charge in [0.1, 0.15) is 5.54 Å². The molecule has 162 valence electrons. The fraction of sp³-hybridized carbons (Fsp3) is 0.391. The average Bonchev–Trinajstić information content (AvgIpc) is 3.30. The van der Waals surface area contributed by atoms with E-state index >= 15 is 0 Å². The number of aryl methyl sites for hydroxylation is 1. The number of carbonyl (C=O) groups excluding carboxylic acids is 3. The van der Waals surface area contributed by atoms with Crippen LogP contribution >= 0.6 is 15.9 Å². The monoisotopic (exact) mass is 484 g/mol. The largest absolute Gasteiger partial charge is 0.352 e. The Kier molecular flexibility index (Phi) is 6.09. The summed E-state index contributed by atoms with van der Waals surface area (Å²) in [5.41, 5.74) is 2.25. The van der Waals surface area contributed by atoms with Gasteiger partial charge in [0.2, 0.25) is 0 Å². The highest BCUT2D eigenvalue weighted by Crippen LogP contribution is 2.35. The number of rotatable bonds is 6. The van der Waals surface area contributed by atoms with Crippen molar-refractivity contribution in [3.8, 4) is 11.3 Å². The Morgan fingerprint density at radius 3 is 2.71 bits per heavy atom. The van der Waals surface area contributed by atoms with Gasteiger partial charge in [-0.3, -0.25) is 19.5 Å². The van der Waals surface area contributed by atoms with Crippen molar-refractivity contribution in [3.63, 3.8) is 0 Å². The summed E-state index contributed by atoms with van der Waals surface area (Å²) in [5, 5.41) is 5.74. The molecule has 1 aliphatic heterocycles. The topological polar surface area (TPSA) is 91.4 Å². The second kappa shape index (κ2) is 8.78. The van der Waals surface area contributed by atoms with Gasteiger partial charge in [0.25, 0.3) is 11.8 Å². The first-order valence-electron chi connectivity index (χ1n) is 10.6. The molecule has 7 nitrogen and oxygen atoms in total. The summed E-state index contributed by atoms with van der Waals surface area (Å²) in [6.45, 7) is 2.48. The Hall–Kier alpha value is -2.74. The molecule has 1 aromatic heterocycles. The van der Waals surface area contributed by atoms with Crippen LogP contribution in [0.25, 0.3) is 11.3 Å². The number of halogens is 1. The summed E-state index contributed by atoms with van der Waals surface area (Å²) in [7, 11) is 0. The second-order valence-corrected chi connectivity index (χ2v) is 9.04. The number of nitrogens with one attached hydrogen (secondary N) is 2. The van der Waals surface area contributed by atoms with E-state index in [4.69, 9.17) is 0 Å². The van der Waals surface area contributed by atoms with E-state index in [2.05, 4.69) is 31.5 Å². The number of nitrogens with zero attached hydrogens (tertiary/aromatic N) is 2. The van der Waals surface area contributed by atoms with Gasteiger partial charge in [-0.15, -0.1) is 0 Å². The zero-order valence-corrected chi connectivity index (χ0v) is 19.0. The molecule has 0 unspecified atom stereocenters. The van der Waals surface area contributed by atoms with Crippen LogP contribution in [0.2, 0.25) is 0 Å². The molecule has 31 heavy (non-hydrogen) atoms. The van der Waals surface area contributed by atoms with Crippen molar-refractivity contribution in [1.82, 2.24) is 20.5 Å². The predicted molar refractivity (Wildman–Crippen MR) is 121 cm³/mol. The molecule has 0 radical (unpaired) electrons. The van der Waals surface area contributed by atoms with Crippen molar-refractivity contribution in [1.29, 1.82) is 0 Å². The minimum atomic E-state index is -0.681. The van der Waals surface area contributed by atoms with Crippen molar-refractivity contribution >= 4 is 33.8 Å². The fourth-order valence-electron chi connectivity index (χ4n) is 4.34. The number of hydrogen-bond donors (Lipinski definition) is 2. The number of imide groups is 1. The predicted octanol–water partition coefficient (Wildman–Crippen LogP) is 3.80. The van der Waals surface area contributed by atoms with Gasteiger partial charge in [0.05, 0.1) is 17.0 Å². The number of benzene rings is 1. The van der Waals surface area contributed by atoms with Gasteiger partial charge in [-0.1, -0.05) is 40.9 Å². The lowest BCUT2D eigenvalue weighted by Gasteiger charge is -2.20. The van der Waals surface area contributed by atoms with E-state index in [1.165, 1.54) is 4.90 Å². The molecule has 4 rings (SSSR count). The standard InChI is InChI=1S/C23H25BrN4O3/c1-15-18(8-9-19(26-15)16-6-4-7-17(24)14-16)20(29)25-12-5-13-28-21(30)23(27-22(28)31)10-2-3-11-23/h4,6-9,14H,2-3,5,10-13H2,1H3,(H,25,29)(H,27,31). The van der Waals surface area contributed by atoms with Crippen LogP contribution in [0, 0.1) is 6.92 Å². The van der Waals surface area contributed by atoms with Crippen LogP contribution in [0.1, 0.15) is 48.2 Å². The zero-order chi connectivity index (χ0) is 22.0. The minimum absolute atomic E-state index is 0.121. The lowest BCUT2D eigenvalue weighted by Crippen LogP contribution is -2.44. The molecule has 1 aromatic carbocycles. The van der Waals surface area contributed by atoms with E-state index in [0.29, 0.717) is 43.6 Å². The van der Waals surface area contributed by atoms with Crippen LogP contribution in [0.3, 0.4) is 0 Å². The molecule has 0 bridgehead atoms. The van der Waals surface area contributed by atoms with Crippen LogP contribution in [-0.4, -0.2) is 46.4 Å². The van der Waals surface area contributed by atoms with Gasteiger partial charge in [-0.25, -0.2) is 4.79 Å². The normalized spacial score (nSPS) is 17.3. The summed E-state index contributed by atoms with van der Waals surface area (Å²) in [4.78, 5) is 43.3. The number of urea groups is 1. The van der Waals surface area contributed by atoms with E-state index in [1.807, 2.05) is 37.3 Å². The number of carbonyl (C=O) groups is 3. The number of aromatic nitrogens is 1. The third-order valence-electron chi connectivity index (χ3n) is 6.00. The summed E-state index contributed by atoms with van der Waals surface area (Å²) >= 11 is 3.46. The Labute approximate surface area is 189 Å². The quantitative estimate of drug-likeness (QED) is 0.481. The molecule has 1 saturated heterocycles. The first kappa shape index (κ1) is 21.5. The molecular formula is C23H25BrN4O3. The fourth-order valence-corrected chi connectivity index (χ4v) is 4.74. The summed E-state index contributed by atoms with van der Waals surface area (Å²) in [5.74, 6) is -0.334. The molecule has 2 aliphatic rings. The third kappa shape index (κ3) is 4.35. The SMILES string of the molecule is Cc1nc(-c2cccc(Br)c2)ccc1C(=O)NCCCN1C(=O)NC2(CCCC2)C1=O. The summed E-state index contributed by atoms with van der Waals surface area (Å²) in [6, 6.07) is 11.1. The van der Waals surface area contributed by atoms with E-state index in [-0.39, 0.29) is 17.8 Å². The molecule has 1 saturated carbocycles. The maximum atomic E-state index is 12.6. The van der Waals surface area contributed by atoms with Gasteiger partial charge in [0, 0.05) is 23.1 Å². The van der Waals surface area contributed by atoms with Gasteiger partial charge in [-0.05, 0) is 50.5 Å². The Morgan fingerprint density at radius 1 is 1.23 bits per heavy atom. The Bertz CT molecular complexity index is 1030. The van der Waals surface area contributed by atoms with Crippen LogP contribution in [0.15, 0.2) is 40.9 Å². The highest BCUT2D eigenvalue weighted by atomic mass is 79.9. The molecule has 0 atom stereocenters. The van der Waals surface area contributed by atoms with Gasteiger partial charge >= 0.3 is 6.03 Å². The van der Waals surface area contributed by atoms with E-state index < -0.39 is 5.54 Å². The van der Waals surface area contributed by atoms with E-state index in [1.54, 1.807) is 6.07 Å². The summed E-state index contributed by atoms with van der Waals surface area (Å²) < 4.78 is 0.968. The lowest BCUT2D eigenvalue weighted by atomic mass is 9.98. The maximum Gasteiger partial charge on any atom is 0.325 e. The average molecular weight is 485 g/mol. The Morgan fingerprint density at radius 2 is 2.00 bits per heavy atom. The van der Waals surface area contributed by atoms with Gasteiger partial charge in [-0.2, -0.15) is 0 Å². The van der Waals surface area contributed by atoms with Crippen LogP contribution in [-0.2, 0) is 4.79 Å². The molecule has 2 N–H and O–H groups in total. The van der Waals surface area contributed by atoms with E-state index in [0.717, 1.165) is 28.6 Å². The van der Waals surface area contributed by atoms with Crippen molar-refractivity contribution < 1.29 is 14.4 Å². The van der Waals surface area contributed by atoms with Crippen molar-refractivity contribution in [2.45, 2.75) is 44.6 Å². The zero-order valence-electron chi connectivity index (χ0n) is 17.4. The molecule has 2 heterocycles. The molecule has 2 fully saturated rings. The molecule has 4 amide bonds. The van der Waals surface area contributed by atoms with Crippen LogP contribution in [0.5, 0.6) is 0 Å². The number of amides is 4. The van der Waals surface area contributed by atoms with Crippen LogP contribution < -0.4 is 10.6 Å². The van der Waals surface area contributed by atoms with Crippen molar-refractivity contribution in [2.24, 2.45) is 0 Å². The minimum Gasteiger partial charge on any atom is -0.352 e. The molecular weight excluding hydrogens is 460 g/mol. The number of pyridine rings is 1. The second-order valence-electron chi connectivity index (χ2n) is 8.13. The molecule has 1 spiro atoms. The first-order valence-corrected chi connectivity index (χ1v) is 11.3. The van der Waals surface area contributed by atoms with Crippen molar-refractivity contribution in [2.75, 3.05) is 13.1 Å². The first-order chi connectivity index (χ1) is 14.9. The smallest absolute Gasteiger partial charge is 0.325 e. The lowest BCUT2D eigenvalue weighted by molar-refractivity contribution is -0.131. The third-order valence-corrected chi connectivity index (χ3v) is 6.49. The summed E-state index contributed by atoms with van der Waals surface area (Å²) in [6.07, 6.45) is 3.86. The Balaban J connectivity index is 1.31. The highest BCUT2D eigenvalue weighted by Gasteiger charge is 2.51. The van der Waals surface area contributed by atoms with Crippen LogP contribution in [0.4, 0.5) is 4.79 Å². The number of hydrogen-bond acceptors (Lipinski definition) is 4. The van der Waals surface area contributed by atoms with E-state index in [9.17, 15) is 14.4 Å². The molecule has 1 aliphatic carbocycles. The van der Waals surface area contributed by atoms with Crippen molar-refractivity contribution in [3.05, 3.63) is 52.1 Å². The highest BCUT2D eigenvalue weighted by molar-refractivity contribution is 9.10.